The van der Waals surface area contributed by atoms with Crippen LogP contribution in [-0.4, -0.2) is 22.0 Å². The van der Waals surface area contributed by atoms with Gasteiger partial charge in [-0.15, -0.1) is 0 Å². The van der Waals surface area contributed by atoms with E-state index in [0.717, 1.165) is 0 Å². The molecular formula is C6H6N2O4. The van der Waals surface area contributed by atoms with E-state index in [2.05, 4.69) is 9.40 Å². The van der Waals surface area contributed by atoms with E-state index in [1.54, 1.807) is 6.92 Å². The lowest BCUT2D eigenvalue weighted by atomic mass is 10.6. The molecule has 1 aromatic heterocycles. The topological polar surface area (TPSA) is 92.4 Å². The van der Waals surface area contributed by atoms with E-state index >= 15 is 0 Å². The van der Waals surface area contributed by atoms with Crippen LogP contribution < -0.4 is 5.32 Å². The highest BCUT2D eigenvalue weighted by Crippen LogP contribution is 2.04. The fourth-order valence-electron chi connectivity index (χ4n) is 0.562. The number of aromatic nitrogens is 1. The van der Waals surface area contributed by atoms with Gasteiger partial charge in [-0.3, -0.25) is 10.1 Å². The SMILES string of the molecule is Cc1coc(NC(=O)C(=O)O)n1. The molecule has 2 N–H and O–H groups in total. The number of nitrogens with zero attached hydrogens (tertiary/aromatic N) is 1. The van der Waals surface area contributed by atoms with Crippen LogP contribution in [-0.2, 0) is 9.59 Å². The molecule has 12 heavy (non-hydrogen) atoms. The molecule has 6 nitrogen and oxygen atoms in total. The van der Waals surface area contributed by atoms with E-state index in [1.807, 2.05) is 5.32 Å². The Labute approximate surface area is 67.2 Å². The molecule has 1 heterocycles. The maximum absolute atomic E-state index is 10.5. The van der Waals surface area contributed by atoms with Crippen molar-refractivity contribution in [2.24, 2.45) is 0 Å². The number of amides is 1. The van der Waals surface area contributed by atoms with Gasteiger partial charge in [0.15, 0.2) is 0 Å². The van der Waals surface area contributed by atoms with Crippen LogP contribution in [0.5, 0.6) is 0 Å². The van der Waals surface area contributed by atoms with E-state index in [0.29, 0.717) is 5.69 Å². The molecule has 0 aromatic carbocycles. The quantitative estimate of drug-likeness (QED) is 0.579. The number of rotatable bonds is 1. The van der Waals surface area contributed by atoms with E-state index in [-0.39, 0.29) is 6.01 Å². The summed E-state index contributed by atoms with van der Waals surface area (Å²) in [6, 6.07) is -0.111. The molecule has 0 spiro atoms. The van der Waals surface area contributed by atoms with Crippen molar-refractivity contribution in [1.82, 2.24) is 4.98 Å². The molecular weight excluding hydrogens is 164 g/mol. The number of hydrogen-bond acceptors (Lipinski definition) is 4. The molecule has 0 saturated heterocycles. The average Bonchev–Trinajstić information content (AvgIpc) is 2.35. The van der Waals surface area contributed by atoms with Crippen molar-refractivity contribution in [3.63, 3.8) is 0 Å². The lowest BCUT2D eigenvalue weighted by Crippen LogP contribution is -2.21. The zero-order valence-electron chi connectivity index (χ0n) is 6.20. The molecule has 0 atom stereocenters. The van der Waals surface area contributed by atoms with Crippen LogP contribution in [0.2, 0.25) is 0 Å². The Morgan fingerprint density at radius 1 is 1.67 bits per heavy atom. The molecule has 1 rings (SSSR count). The largest absolute Gasteiger partial charge is 0.474 e. The number of carbonyl (C=O) groups excluding carboxylic acids is 1. The second-order valence-electron chi connectivity index (χ2n) is 2.05. The first kappa shape index (κ1) is 8.25. The predicted octanol–water partition coefficient (Wildman–Crippen LogP) is 0.00612. The molecule has 0 radical (unpaired) electrons. The zero-order valence-corrected chi connectivity index (χ0v) is 6.20. The van der Waals surface area contributed by atoms with Gasteiger partial charge in [0.1, 0.15) is 6.26 Å². The normalized spacial score (nSPS) is 9.42. The number of anilines is 1. The fourth-order valence-corrected chi connectivity index (χ4v) is 0.562. The van der Waals surface area contributed by atoms with Crippen LogP contribution in [0.3, 0.4) is 0 Å². The number of oxazole rings is 1. The van der Waals surface area contributed by atoms with Gasteiger partial charge in [0.25, 0.3) is 0 Å². The molecule has 0 unspecified atom stereocenters. The number of carbonyl (C=O) groups is 2. The molecule has 0 fully saturated rings. The molecule has 64 valence electrons. The number of carboxylic acids is 1. The fraction of sp³-hybridized carbons (Fsp3) is 0.167. The van der Waals surface area contributed by atoms with Gasteiger partial charge in [-0.1, -0.05) is 0 Å². The highest BCUT2D eigenvalue weighted by molar-refractivity contribution is 6.36. The highest BCUT2D eigenvalue weighted by atomic mass is 16.4. The second kappa shape index (κ2) is 3.04. The minimum Gasteiger partial charge on any atom is -0.474 e. The lowest BCUT2D eigenvalue weighted by molar-refractivity contribution is -0.147. The van der Waals surface area contributed by atoms with Crippen LogP contribution in [0.15, 0.2) is 10.7 Å². The summed E-state index contributed by atoms with van der Waals surface area (Å²) in [6.07, 6.45) is 1.30. The average molecular weight is 170 g/mol. The first-order valence-corrected chi connectivity index (χ1v) is 3.06. The molecule has 0 aliphatic carbocycles. The third-order valence-electron chi connectivity index (χ3n) is 1.03. The monoisotopic (exact) mass is 170 g/mol. The van der Waals surface area contributed by atoms with E-state index in [1.165, 1.54) is 6.26 Å². The zero-order chi connectivity index (χ0) is 9.14. The Balaban J connectivity index is 2.64. The van der Waals surface area contributed by atoms with Crippen molar-refractivity contribution in [3.8, 4) is 0 Å². The van der Waals surface area contributed by atoms with Gasteiger partial charge in [0.05, 0.1) is 5.69 Å². The second-order valence-corrected chi connectivity index (χ2v) is 2.05. The summed E-state index contributed by atoms with van der Waals surface area (Å²) in [5, 5.41) is 10.1. The summed E-state index contributed by atoms with van der Waals surface area (Å²) in [4.78, 5) is 24.2. The number of hydrogen-bond donors (Lipinski definition) is 2. The summed E-state index contributed by atoms with van der Waals surface area (Å²) >= 11 is 0. The summed E-state index contributed by atoms with van der Waals surface area (Å²) in [5.74, 6) is -2.75. The third kappa shape index (κ3) is 1.82. The minimum atomic E-state index is -1.58. The Kier molecular flexibility index (Phi) is 2.09. The molecule has 1 aromatic rings. The Morgan fingerprint density at radius 2 is 2.33 bits per heavy atom. The van der Waals surface area contributed by atoms with Crippen molar-refractivity contribution in [2.75, 3.05) is 5.32 Å². The van der Waals surface area contributed by atoms with E-state index < -0.39 is 11.9 Å². The van der Waals surface area contributed by atoms with Gasteiger partial charge in [0, 0.05) is 0 Å². The van der Waals surface area contributed by atoms with Crippen LogP contribution in [0.4, 0.5) is 6.01 Å². The van der Waals surface area contributed by atoms with E-state index in [4.69, 9.17) is 5.11 Å². The van der Waals surface area contributed by atoms with Crippen molar-refractivity contribution in [3.05, 3.63) is 12.0 Å². The summed E-state index contributed by atoms with van der Waals surface area (Å²) in [6.45, 7) is 1.65. The van der Waals surface area contributed by atoms with Crippen molar-refractivity contribution in [1.29, 1.82) is 0 Å². The number of aliphatic carboxylic acids is 1. The summed E-state index contributed by atoms with van der Waals surface area (Å²) in [5.41, 5.74) is 0.565. The summed E-state index contributed by atoms with van der Waals surface area (Å²) in [7, 11) is 0. The minimum absolute atomic E-state index is 0.111. The molecule has 1 amide bonds. The van der Waals surface area contributed by atoms with Crippen LogP contribution in [0.1, 0.15) is 5.69 Å². The maximum Gasteiger partial charge on any atom is 0.394 e. The Hall–Kier alpha value is -1.85. The molecule has 0 aliphatic heterocycles. The molecule has 6 heteroatoms. The lowest BCUT2D eigenvalue weighted by Gasteiger charge is -1.92. The first-order valence-electron chi connectivity index (χ1n) is 3.06. The van der Waals surface area contributed by atoms with Gasteiger partial charge in [0.2, 0.25) is 0 Å². The number of nitrogens with one attached hydrogen (secondary N) is 1. The van der Waals surface area contributed by atoms with Gasteiger partial charge in [-0.2, -0.15) is 4.98 Å². The predicted molar refractivity (Wildman–Crippen MR) is 37.5 cm³/mol. The van der Waals surface area contributed by atoms with Crippen LogP contribution in [0.25, 0.3) is 0 Å². The standard InChI is InChI=1S/C6H6N2O4/c1-3-2-12-6(7-3)8-4(9)5(10)11/h2H,1H3,(H,10,11)(H,7,8,9). The van der Waals surface area contributed by atoms with Crippen molar-refractivity contribution >= 4 is 17.9 Å². The van der Waals surface area contributed by atoms with Crippen molar-refractivity contribution < 1.29 is 19.1 Å². The van der Waals surface area contributed by atoms with Gasteiger partial charge < -0.3 is 9.52 Å². The van der Waals surface area contributed by atoms with Gasteiger partial charge in [-0.05, 0) is 6.92 Å². The first-order chi connectivity index (χ1) is 5.59. The maximum atomic E-state index is 10.5. The van der Waals surface area contributed by atoms with Crippen LogP contribution >= 0.6 is 0 Å². The van der Waals surface area contributed by atoms with Crippen molar-refractivity contribution in [2.45, 2.75) is 6.92 Å². The smallest absolute Gasteiger partial charge is 0.394 e. The summed E-state index contributed by atoms with van der Waals surface area (Å²) < 4.78 is 4.68. The Morgan fingerprint density at radius 3 is 2.75 bits per heavy atom. The molecule has 0 aliphatic rings. The van der Waals surface area contributed by atoms with Crippen LogP contribution in [0, 0.1) is 6.92 Å². The third-order valence-corrected chi connectivity index (χ3v) is 1.03. The van der Waals surface area contributed by atoms with Gasteiger partial charge in [-0.25, -0.2) is 4.79 Å². The number of carboxylic acid groups (broad SMARTS) is 1. The molecule has 0 saturated carbocycles. The van der Waals surface area contributed by atoms with E-state index in [9.17, 15) is 9.59 Å². The number of aryl methyl sites for hydroxylation is 1. The highest BCUT2D eigenvalue weighted by Gasteiger charge is 2.13. The molecule has 0 bridgehead atoms. The Bertz CT molecular complexity index is 317. The van der Waals surface area contributed by atoms with Gasteiger partial charge >= 0.3 is 17.9 Å².